The Hall–Kier alpha value is -2.77. The van der Waals surface area contributed by atoms with Gasteiger partial charge in [0.1, 0.15) is 5.82 Å². The van der Waals surface area contributed by atoms with Crippen LogP contribution in [0.25, 0.3) is 0 Å². The zero-order chi connectivity index (χ0) is 21.3. The number of thiocarbonyl (C=S) groups is 1. The monoisotopic (exact) mass is 424 g/mol. The number of aryl methyl sites for hydroxylation is 1. The summed E-state index contributed by atoms with van der Waals surface area (Å²) in [6.07, 6.45) is 1.77. The van der Waals surface area contributed by atoms with Crippen molar-refractivity contribution in [2.75, 3.05) is 18.6 Å². The first-order valence-electron chi connectivity index (χ1n) is 9.93. The summed E-state index contributed by atoms with van der Waals surface area (Å²) >= 11 is 5.68. The van der Waals surface area contributed by atoms with Gasteiger partial charge in [-0.1, -0.05) is 18.2 Å². The first-order valence-corrected chi connectivity index (χ1v) is 10.3. The van der Waals surface area contributed by atoms with Crippen LogP contribution >= 0.6 is 12.2 Å². The lowest BCUT2D eigenvalue weighted by Gasteiger charge is -2.28. The molecule has 0 spiro atoms. The van der Waals surface area contributed by atoms with E-state index in [9.17, 15) is 4.39 Å². The van der Waals surface area contributed by atoms with Crippen molar-refractivity contribution in [3.8, 4) is 0 Å². The lowest BCUT2D eigenvalue weighted by molar-refractivity contribution is 0.186. The fourth-order valence-corrected chi connectivity index (χ4v) is 4.57. The molecule has 3 heterocycles. The van der Waals surface area contributed by atoms with E-state index >= 15 is 0 Å². The van der Waals surface area contributed by atoms with Crippen molar-refractivity contribution in [3.63, 3.8) is 0 Å². The van der Waals surface area contributed by atoms with Gasteiger partial charge in [-0.15, -0.1) is 0 Å². The summed E-state index contributed by atoms with van der Waals surface area (Å²) in [4.78, 5) is 6.44. The molecule has 2 aromatic heterocycles. The second-order valence-corrected chi connectivity index (χ2v) is 7.81. The predicted molar refractivity (Wildman–Crippen MR) is 120 cm³/mol. The first-order chi connectivity index (χ1) is 14.5. The van der Waals surface area contributed by atoms with Gasteiger partial charge in [-0.3, -0.25) is 4.98 Å². The zero-order valence-electron chi connectivity index (χ0n) is 17.3. The Bertz CT molecular complexity index is 1050. The molecule has 4 rings (SSSR count). The second kappa shape index (κ2) is 8.53. The van der Waals surface area contributed by atoms with Crippen molar-refractivity contribution in [1.82, 2.24) is 14.9 Å². The molecular formula is C23H25FN4OS. The fourth-order valence-electron chi connectivity index (χ4n) is 4.23. The Morgan fingerprint density at radius 1 is 1.17 bits per heavy atom. The van der Waals surface area contributed by atoms with Gasteiger partial charge in [0.15, 0.2) is 5.11 Å². The molecule has 0 bridgehead atoms. The number of nitrogens with zero attached hydrogens (tertiary/aromatic N) is 3. The summed E-state index contributed by atoms with van der Waals surface area (Å²) in [5.41, 5.74) is 4.66. The molecule has 0 radical (unpaired) electrons. The Labute approximate surface area is 181 Å². The minimum absolute atomic E-state index is 0.199. The molecule has 1 aliphatic rings. The highest BCUT2D eigenvalue weighted by atomic mass is 32.1. The van der Waals surface area contributed by atoms with Crippen LogP contribution in [-0.2, 0) is 11.3 Å². The van der Waals surface area contributed by atoms with Crippen LogP contribution < -0.4 is 10.2 Å². The summed E-state index contributed by atoms with van der Waals surface area (Å²) in [7, 11) is 1.70. The second-order valence-electron chi connectivity index (χ2n) is 7.42. The van der Waals surface area contributed by atoms with Crippen LogP contribution in [-0.4, -0.2) is 28.4 Å². The van der Waals surface area contributed by atoms with Gasteiger partial charge in [0.25, 0.3) is 0 Å². The van der Waals surface area contributed by atoms with Gasteiger partial charge in [-0.05, 0) is 62.0 Å². The molecule has 0 amide bonds. The van der Waals surface area contributed by atoms with Crippen LogP contribution in [0.3, 0.4) is 0 Å². The standard InChI is InChI=1S/C23H25FN4OS/c1-15-14-17(16(2)27(15)12-13-29-3)22-21(19-9-6-7-11-25-19)26-23(30)28(22)20-10-5-4-8-18(20)24/h4-11,14,21-22H,12-13H2,1-3H3,(H,26,30)/t21-,22+/m1/s1. The molecule has 1 aromatic carbocycles. The Kier molecular flexibility index (Phi) is 5.83. The van der Waals surface area contributed by atoms with E-state index in [1.807, 2.05) is 29.2 Å². The van der Waals surface area contributed by atoms with Gasteiger partial charge in [-0.2, -0.15) is 0 Å². The number of aromatic nitrogens is 2. The topological polar surface area (TPSA) is 42.3 Å². The number of nitrogens with one attached hydrogen (secondary N) is 1. The number of hydrogen-bond donors (Lipinski definition) is 1. The summed E-state index contributed by atoms with van der Waals surface area (Å²) in [6, 6.07) is 14.3. The number of benzene rings is 1. The van der Waals surface area contributed by atoms with Crippen LogP contribution in [0.5, 0.6) is 0 Å². The molecule has 0 unspecified atom stereocenters. The molecular weight excluding hydrogens is 399 g/mol. The Balaban J connectivity index is 1.86. The fraction of sp³-hybridized carbons (Fsp3) is 0.304. The Morgan fingerprint density at radius 3 is 2.63 bits per heavy atom. The van der Waals surface area contributed by atoms with E-state index in [-0.39, 0.29) is 17.9 Å². The molecule has 0 aliphatic carbocycles. The maximum Gasteiger partial charge on any atom is 0.174 e. The third kappa shape index (κ3) is 3.59. The maximum atomic E-state index is 14.8. The molecule has 1 N–H and O–H groups in total. The lowest BCUT2D eigenvalue weighted by Crippen LogP contribution is -2.30. The number of ether oxygens (including phenoxy) is 1. The van der Waals surface area contributed by atoms with E-state index in [4.69, 9.17) is 17.0 Å². The zero-order valence-corrected chi connectivity index (χ0v) is 18.1. The quantitative estimate of drug-likeness (QED) is 0.592. The smallest absolute Gasteiger partial charge is 0.174 e. The van der Waals surface area contributed by atoms with Gasteiger partial charge in [-0.25, -0.2) is 4.39 Å². The normalized spacial score (nSPS) is 18.7. The van der Waals surface area contributed by atoms with Crippen molar-refractivity contribution in [2.24, 2.45) is 0 Å². The number of anilines is 1. The van der Waals surface area contributed by atoms with Crippen LogP contribution in [0.1, 0.15) is 34.7 Å². The predicted octanol–water partition coefficient (Wildman–Crippen LogP) is 4.46. The molecule has 7 heteroatoms. The molecule has 2 atom stereocenters. The first kappa shape index (κ1) is 20.5. The summed E-state index contributed by atoms with van der Waals surface area (Å²) < 4.78 is 22.3. The van der Waals surface area contributed by atoms with Crippen LogP contribution in [0.15, 0.2) is 54.7 Å². The van der Waals surface area contributed by atoms with Crippen LogP contribution in [0.2, 0.25) is 0 Å². The SMILES string of the molecule is COCCn1c(C)cc([C@H]2[C@@H](c3ccccn3)NC(=S)N2c2ccccc2F)c1C. The minimum Gasteiger partial charge on any atom is -0.383 e. The van der Waals surface area contributed by atoms with E-state index in [0.29, 0.717) is 17.4 Å². The van der Waals surface area contributed by atoms with Crippen LogP contribution in [0, 0.1) is 19.7 Å². The highest BCUT2D eigenvalue weighted by Crippen LogP contribution is 2.43. The van der Waals surface area contributed by atoms with E-state index < -0.39 is 0 Å². The van der Waals surface area contributed by atoms with E-state index in [0.717, 1.165) is 29.2 Å². The number of hydrogen-bond acceptors (Lipinski definition) is 3. The molecule has 3 aromatic rings. The molecule has 1 aliphatic heterocycles. The molecule has 0 saturated carbocycles. The highest BCUT2D eigenvalue weighted by molar-refractivity contribution is 7.80. The summed E-state index contributed by atoms with van der Waals surface area (Å²) in [5.74, 6) is -0.304. The highest BCUT2D eigenvalue weighted by Gasteiger charge is 2.42. The molecule has 1 fully saturated rings. The third-order valence-electron chi connectivity index (χ3n) is 5.66. The summed E-state index contributed by atoms with van der Waals surface area (Å²) in [6.45, 7) is 5.55. The van der Waals surface area contributed by atoms with E-state index in [1.54, 1.807) is 25.4 Å². The maximum absolute atomic E-state index is 14.8. The lowest BCUT2D eigenvalue weighted by atomic mass is 9.96. The molecule has 1 saturated heterocycles. The third-order valence-corrected chi connectivity index (χ3v) is 5.98. The van der Waals surface area contributed by atoms with Crippen molar-refractivity contribution < 1.29 is 9.13 Å². The molecule has 156 valence electrons. The van der Waals surface area contributed by atoms with Gasteiger partial charge < -0.3 is 19.5 Å². The molecule has 5 nitrogen and oxygen atoms in total. The van der Waals surface area contributed by atoms with E-state index in [1.165, 1.54) is 6.07 Å². The summed E-state index contributed by atoms with van der Waals surface area (Å²) in [5, 5.41) is 3.88. The number of pyridine rings is 1. The Morgan fingerprint density at radius 2 is 1.93 bits per heavy atom. The number of rotatable bonds is 6. The average Bonchev–Trinajstić information content (AvgIpc) is 3.23. The number of para-hydroxylation sites is 1. The van der Waals surface area contributed by atoms with Crippen molar-refractivity contribution in [1.29, 1.82) is 0 Å². The van der Waals surface area contributed by atoms with Crippen LogP contribution in [0.4, 0.5) is 10.1 Å². The largest absolute Gasteiger partial charge is 0.383 e. The minimum atomic E-state index is -0.304. The average molecular weight is 425 g/mol. The van der Waals surface area contributed by atoms with Gasteiger partial charge in [0, 0.05) is 31.2 Å². The van der Waals surface area contributed by atoms with Gasteiger partial charge >= 0.3 is 0 Å². The van der Waals surface area contributed by atoms with Gasteiger partial charge in [0.05, 0.1) is 30.1 Å². The number of methoxy groups -OCH3 is 1. The van der Waals surface area contributed by atoms with Crippen molar-refractivity contribution >= 4 is 23.0 Å². The number of halogens is 1. The van der Waals surface area contributed by atoms with E-state index in [2.05, 4.69) is 34.8 Å². The van der Waals surface area contributed by atoms with Crippen molar-refractivity contribution in [2.45, 2.75) is 32.5 Å². The van der Waals surface area contributed by atoms with Gasteiger partial charge in [0.2, 0.25) is 0 Å². The van der Waals surface area contributed by atoms with Crippen molar-refractivity contribution in [3.05, 3.63) is 83.2 Å². The molecule has 30 heavy (non-hydrogen) atoms.